The minimum atomic E-state index is -4.01. The maximum atomic E-state index is 14.5. The highest BCUT2D eigenvalue weighted by atomic mass is 32.2. The van der Waals surface area contributed by atoms with E-state index in [1.165, 1.54) is 87.7 Å². The number of amides is 1. The number of amidine groups is 1. The van der Waals surface area contributed by atoms with Gasteiger partial charge < -0.3 is 24.1 Å². The van der Waals surface area contributed by atoms with Gasteiger partial charge in [0.15, 0.2) is 11.9 Å². The van der Waals surface area contributed by atoms with E-state index in [1.807, 2.05) is 49.4 Å². The number of imidazole rings is 1. The Morgan fingerprint density at radius 3 is 1.98 bits per heavy atom. The Bertz CT molecular complexity index is 1980. The molecule has 59 heavy (non-hydrogen) atoms. The van der Waals surface area contributed by atoms with Crippen molar-refractivity contribution in [2.24, 2.45) is 4.99 Å². The molecular weight excluding hydrogens is 763 g/mol. The molecule has 12 heteroatoms. The van der Waals surface area contributed by atoms with E-state index in [2.05, 4.69) is 17.2 Å². The molecule has 0 saturated carbocycles. The van der Waals surface area contributed by atoms with Gasteiger partial charge in [-0.05, 0) is 67.4 Å². The second kappa shape index (κ2) is 24.3. The summed E-state index contributed by atoms with van der Waals surface area (Å²) in [5.74, 6) is 1.65. The van der Waals surface area contributed by atoms with Crippen molar-refractivity contribution in [3.63, 3.8) is 0 Å². The average Bonchev–Trinajstić information content (AvgIpc) is 3.77. The highest BCUT2D eigenvalue weighted by molar-refractivity contribution is 7.90. The molecule has 4 aromatic rings. The number of hydrogen-bond donors (Lipinski definition) is 1. The Balaban J connectivity index is 1.19. The zero-order chi connectivity index (χ0) is 41.7. The van der Waals surface area contributed by atoms with Gasteiger partial charge in [0.05, 0.1) is 38.0 Å². The molecule has 1 amide bonds. The van der Waals surface area contributed by atoms with Crippen LogP contribution in [0.2, 0.25) is 0 Å². The number of aryl methyl sites for hydroxylation is 1. The van der Waals surface area contributed by atoms with Gasteiger partial charge in [0, 0.05) is 25.4 Å². The van der Waals surface area contributed by atoms with Gasteiger partial charge in [-0.3, -0.25) is 9.10 Å². The number of nitrogens with zero attached hydrogens (tertiary/aromatic N) is 4. The predicted octanol–water partition coefficient (Wildman–Crippen LogP) is 11.2. The van der Waals surface area contributed by atoms with Gasteiger partial charge in [-0.1, -0.05) is 121 Å². The monoisotopic (exact) mass is 827 g/mol. The molecule has 0 fully saturated rings. The van der Waals surface area contributed by atoms with E-state index in [0.717, 1.165) is 36.3 Å². The summed E-state index contributed by atoms with van der Waals surface area (Å²) in [6, 6.07) is 18.6. The van der Waals surface area contributed by atoms with Gasteiger partial charge in [-0.15, -0.1) is 0 Å². The number of carbonyl (C=O) groups excluding carboxylic acids is 1. The summed E-state index contributed by atoms with van der Waals surface area (Å²) >= 11 is 0. The zero-order valence-electron chi connectivity index (χ0n) is 35.4. The second-order valence-corrected chi connectivity index (χ2v) is 17.3. The molecule has 1 atom stereocenters. The molecule has 1 aliphatic rings. The highest BCUT2D eigenvalue weighted by Gasteiger charge is 2.40. The van der Waals surface area contributed by atoms with Gasteiger partial charge in [0.25, 0.3) is 15.9 Å². The predicted molar refractivity (Wildman–Crippen MR) is 237 cm³/mol. The highest BCUT2D eigenvalue weighted by Crippen LogP contribution is 2.36. The molecule has 2 heterocycles. The molecule has 1 unspecified atom stereocenters. The lowest BCUT2D eigenvalue weighted by Crippen LogP contribution is -2.47. The van der Waals surface area contributed by atoms with Gasteiger partial charge in [0.1, 0.15) is 22.1 Å². The summed E-state index contributed by atoms with van der Waals surface area (Å²) in [4.78, 5) is 23.7. The Hall–Kier alpha value is -4.84. The van der Waals surface area contributed by atoms with E-state index >= 15 is 0 Å². The summed E-state index contributed by atoms with van der Waals surface area (Å²) in [6.07, 6.45) is 25.0. The lowest BCUT2D eigenvalue weighted by atomic mass is 10.0. The van der Waals surface area contributed by atoms with Crippen molar-refractivity contribution < 1.29 is 27.4 Å². The van der Waals surface area contributed by atoms with Crippen molar-refractivity contribution in [1.29, 1.82) is 0 Å². The molecule has 0 spiro atoms. The fraction of sp³-hybridized carbons (Fsp3) is 0.511. The fourth-order valence-corrected chi connectivity index (χ4v) is 9.03. The van der Waals surface area contributed by atoms with Crippen LogP contribution in [0.1, 0.15) is 128 Å². The van der Waals surface area contributed by atoms with Gasteiger partial charge in [-0.25, -0.2) is 18.4 Å². The number of rotatable bonds is 28. The van der Waals surface area contributed by atoms with Crippen molar-refractivity contribution in [3.05, 3.63) is 91.0 Å². The van der Waals surface area contributed by atoms with E-state index in [0.29, 0.717) is 43.2 Å². The van der Waals surface area contributed by atoms with Gasteiger partial charge in [0.2, 0.25) is 0 Å². The standard InChI is InChI=1S/C47H65N5O6S/c1-4-5-6-7-8-9-10-11-12-13-14-15-16-17-18-21-32-52-46(49-41-23-19-20-24-44(41)59(52,54)55)45(51-33-31-48-37-51)47(53)50-42-36-38(2)25-30-43(42)58-35-22-34-57-40-28-26-39(56-3)27-29-40/h19-20,23-31,33,36-37,45H,4-18,21-22,32,34-35H2,1-3H3,(H,50,53). The maximum absolute atomic E-state index is 14.5. The normalized spacial score (nSPS) is 13.7. The number of aromatic nitrogens is 2. The number of benzene rings is 3. The van der Waals surface area contributed by atoms with Crippen LogP contribution in [0.4, 0.5) is 11.4 Å². The number of para-hydroxylation sites is 1. The van der Waals surface area contributed by atoms with Crippen LogP contribution in [0.5, 0.6) is 17.2 Å². The first-order valence-corrected chi connectivity index (χ1v) is 23.2. The van der Waals surface area contributed by atoms with Crippen LogP contribution < -0.4 is 19.5 Å². The largest absolute Gasteiger partial charge is 0.497 e. The Morgan fingerprint density at radius 1 is 0.746 bits per heavy atom. The molecule has 320 valence electrons. The summed E-state index contributed by atoms with van der Waals surface area (Å²) < 4.78 is 48.8. The minimum absolute atomic E-state index is 0.131. The summed E-state index contributed by atoms with van der Waals surface area (Å²) in [7, 11) is -2.38. The fourth-order valence-electron chi connectivity index (χ4n) is 7.40. The lowest BCUT2D eigenvalue weighted by Gasteiger charge is -2.33. The van der Waals surface area contributed by atoms with E-state index < -0.39 is 22.0 Å². The van der Waals surface area contributed by atoms with Crippen molar-refractivity contribution in [2.45, 2.75) is 134 Å². The first-order valence-electron chi connectivity index (χ1n) is 21.8. The number of fused-ring (bicyclic) bond motifs is 1. The molecule has 0 bridgehead atoms. The molecule has 11 nitrogen and oxygen atoms in total. The number of anilines is 1. The van der Waals surface area contributed by atoms with Crippen molar-refractivity contribution >= 4 is 33.1 Å². The first-order chi connectivity index (χ1) is 28.8. The van der Waals surface area contributed by atoms with Crippen LogP contribution in [-0.4, -0.2) is 60.9 Å². The topological polar surface area (TPSA) is 124 Å². The van der Waals surface area contributed by atoms with Gasteiger partial charge >= 0.3 is 0 Å². The number of carbonyl (C=O) groups is 1. The van der Waals surface area contributed by atoms with Crippen molar-refractivity contribution in [3.8, 4) is 17.2 Å². The number of unbranched alkanes of at least 4 members (excludes halogenated alkanes) is 15. The summed E-state index contributed by atoms with van der Waals surface area (Å²) in [6.45, 7) is 5.20. The third-order valence-electron chi connectivity index (χ3n) is 10.7. The number of hydrogen-bond acceptors (Lipinski definition) is 8. The van der Waals surface area contributed by atoms with Crippen LogP contribution >= 0.6 is 0 Å². The number of ether oxygens (including phenoxy) is 3. The molecular formula is C47H65N5O6S. The molecule has 1 N–H and O–H groups in total. The molecule has 0 radical (unpaired) electrons. The molecule has 0 saturated heterocycles. The number of methoxy groups -OCH3 is 1. The molecule has 1 aromatic heterocycles. The lowest BCUT2D eigenvalue weighted by molar-refractivity contribution is -0.117. The van der Waals surface area contributed by atoms with Crippen LogP contribution in [0.25, 0.3) is 0 Å². The Morgan fingerprint density at radius 2 is 1.36 bits per heavy atom. The summed E-state index contributed by atoms with van der Waals surface area (Å²) in [5.41, 5.74) is 1.70. The van der Waals surface area contributed by atoms with Gasteiger partial charge in [-0.2, -0.15) is 0 Å². The third-order valence-corrected chi connectivity index (χ3v) is 12.6. The van der Waals surface area contributed by atoms with E-state index in [1.54, 1.807) is 48.3 Å². The molecule has 5 rings (SSSR count). The number of aliphatic imine (C=N–C) groups is 1. The maximum Gasteiger partial charge on any atom is 0.267 e. The first kappa shape index (κ1) is 45.2. The second-order valence-electron chi connectivity index (χ2n) is 15.4. The number of sulfonamides is 1. The minimum Gasteiger partial charge on any atom is -0.497 e. The van der Waals surface area contributed by atoms with Crippen molar-refractivity contribution in [2.75, 3.05) is 32.2 Å². The molecule has 3 aromatic carbocycles. The third kappa shape index (κ3) is 13.9. The Labute approximate surface area is 352 Å². The van der Waals surface area contributed by atoms with Crippen LogP contribution in [0.15, 0.2) is 95.3 Å². The van der Waals surface area contributed by atoms with Crippen LogP contribution in [-0.2, 0) is 14.8 Å². The zero-order valence-corrected chi connectivity index (χ0v) is 36.3. The van der Waals surface area contributed by atoms with Crippen molar-refractivity contribution in [1.82, 2.24) is 13.9 Å². The molecule has 0 aliphatic carbocycles. The SMILES string of the molecule is CCCCCCCCCCCCCCCCCCN1C(C(C(=O)Nc2cc(C)ccc2OCCCOc2ccc(OC)cc2)n2ccnc2)=Nc2ccccc2S1(=O)=O. The number of nitrogens with one attached hydrogen (secondary N) is 1. The average molecular weight is 828 g/mol. The van der Waals surface area contributed by atoms with E-state index in [4.69, 9.17) is 19.2 Å². The Kier molecular flexibility index (Phi) is 18.6. The van der Waals surface area contributed by atoms with E-state index in [-0.39, 0.29) is 17.3 Å². The quantitative estimate of drug-likeness (QED) is 0.0565. The molecule has 1 aliphatic heterocycles. The van der Waals surface area contributed by atoms with E-state index in [9.17, 15) is 13.2 Å². The summed E-state index contributed by atoms with van der Waals surface area (Å²) in [5, 5.41) is 3.05. The van der Waals surface area contributed by atoms with Crippen LogP contribution in [0.3, 0.4) is 0 Å². The van der Waals surface area contributed by atoms with Crippen LogP contribution in [0, 0.1) is 6.92 Å². The smallest absolute Gasteiger partial charge is 0.267 e.